The zero-order valence-corrected chi connectivity index (χ0v) is 14.2. The number of benzene rings is 2. The fraction of sp³-hybridized carbons (Fsp3) is 0.133. The molecule has 0 aromatic heterocycles. The quantitative estimate of drug-likeness (QED) is 0.588. The number of para-hydroxylation sites is 1. The lowest BCUT2D eigenvalue weighted by Gasteiger charge is -2.16. The van der Waals surface area contributed by atoms with Crippen LogP contribution >= 0.6 is 15.9 Å². The van der Waals surface area contributed by atoms with Gasteiger partial charge in [-0.1, -0.05) is 34.1 Å². The maximum atomic E-state index is 12.3. The van der Waals surface area contributed by atoms with Gasteiger partial charge in [-0.15, -0.1) is 0 Å². The molecule has 0 saturated carbocycles. The van der Waals surface area contributed by atoms with Crippen LogP contribution in [0.4, 0.5) is 0 Å². The highest BCUT2D eigenvalue weighted by Gasteiger charge is 2.23. The van der Waals surface area contributed by atoms with Gasteiger partial charge in [0.15, 0.2) is 0 Å². The molecular weight excluding hydrogens is 370 g/mol. The van der Waals surface area contributed by atoms with Crippen LogP contribution in [0.15, 0.2) is 64.0 Å². The van der Waals surface area contributed by atoms with Crippen LogP contribution in [-0.4, -0.2) is 32.3 Å². The predicted octanol–water partition coefficient (Wildman–Crippen LogP) is 2.68. The zero-order chi connectivity index (χ0) is 16.2. The second-order valence-electron chi connectivity index (χ2n) is 4.50. The van der Waals surface area contributed by atoms with Crippen molar-refractivity contribution >= 4 is 31.9 Å². The maximum absolute atomic E-state index is 12.3. The normalized spacial score (nSPS) is 11.4. The minimum absolute atomic E-state index is 0.116. The Bertz CT molecular complexity index is 745. The summed E-state index contributed by atoms with van der Waals surface area (Å²) in [6.45, 7) is -0.368. The molecule has 5 nitrogen and oxygen atoms in total. The molecule has 0 N–H and O–H groups in total. The van der Waals surface area contributed by atoms with Crippen molar-refractivity contribution < 1.29 is 17.9 Å². The second kappa shape index (κ2) is 7.04. The molecule has 0 aliphatic heterocycles. The van der Waals surface area contributed by atoms with Crippen LogP contribution in [0.2, 0.25) is 0 Å². The van der Waals surface area contributed by atoms with Gasteiger partial charge in [-0.05, 0) is 36.4 Å². The van der Waals surface area contributed by atoms with E-state index in [1.165, 1.54) is 19.2 Å². The van der Waals surface area contributed by atoms with Crippen LogP contribution in [0.5, 0.6) is 5.75 Å². The van der Waals surface area contributed by atoms with Gasteiger partial charge in [0.05, 0.1) is 4.90 Å². The number of nitrogens with zero attached hydrogens (tertiary/aromatic N) is 1. The standard InChI is InChI=1S/C15H14BrNO4S/c1-17(11-15(18)21-13-5-3-2-4-6-13)22(19,20)14-9-7-12(16)8-10-14/h2-10H,11H2,1H3. The number of likely N-dealkylation sites (N-methyl/N-ethyl adjacent to an activating group) is 1. The fourth-order valence-corrected chi connectivity index (χ4v) is 3.09. The molecule has 0 fully saturated rings. The van der Waals surface area contributed by atoms with Gasteiger partial charge >= 0.3 is 5.97 Å². The van der Waals surface area contributed by atoms with Crippen molar-refractivity contribution in [2.75, 3.05) is 13.6 Å². The number of hydrogen-bond donors (Lipinski definition) is 0. The number of ether oxygens (including phenoxy) is 1. The molecule has 0 radical (unpaired) electrons. The van der Waals surface area contributed by atoms with Gasteiger partial charge in [0.2, 0.25) is 10.0 Å². The summed E-state index contributed by atoms with van der Waals surface area (Å²) in [5.74, 6) is -0.267. The summed E-state index contributed by atoms with van der Waals surface area (Å²) >= 11 is 3.24. The van der Waals surface area contributed by atoms with E-state index in [1.807, 2.05) is 0 Å². The Hall–Kier alpha value is -1.70. The van der Waals surface area contributed by atoms with Gasteiger partial charge in [-0.2, -0.15) is 4.31 Å². The molecule has 2 aromatic carbocycles. The van der Waals surface area contributed by atoms with Crippen LogP contribution in [0.3, 0.4) is 0 Å². The van der Waals surface area contributed by atoms with Crippen molar-refractivity contribution in [2.24, 2.45) is 0 Å². The summed E-state index contributed by atoms with van der Waals surface area (Å²) in [5, 5.41) is 0. The van der Waals surface area contributed by atoms with Crippen molar-refractivity contribution in [1.82, 2.24) is 4.31 Å². The Balaban J connectivity index is 2.06. The lowest BCUT2D eigenvalue weighted by atomic mass is 10.3. The van der Waals surface area contributed by atoms with E-state index in [2.05, 4.69) is 15.9 Å². The van der Waals surface area contributed by atoms with Gasteiger partial charge in [-0.25, -0.2) is 8.42 Å². The number of hydrogen-bond acceptors (Lipinski definition) is 4. The molecule has 22 heavy (non-hydrogen) atoms. The second-order valence-corrected chi connectivity index (χ2v) is 7.46. The van der Waals surface area contributed by atoms with E-state index in [0.29, 0.717) is 5.75 Å². The average molecular weight is 384 g/mol. The third-order valence-corrected chi connectivity index (χ3v) is 5.19. The van der Waals surface area contributed by atoms with Crippen molar-refractivity contribution in [3.8, 4) is 5.75 Å². The number of rotatable bonds is 5. The van der Waals surface area contributed by atoms with E-state index >= 15 is 0 Å². The predicted molar refractivity (Wildman–Crippen MR) is 86.0 cm³/mol. The summed E-state index contributed by atoms with van der Waals surface area (Å²) in [4.78, 5) is 11.9. The Morgan fingerprint density at radius 3 is 2.27 bits per heavy atom. The minimum atomic E-state index is -3.73. The highest BCUT2D eigenvalue weighted by atomic mass is 79.9. The number of esters is 1. The molecule has 0 aliphatic carbocycles. The van der Waals surface area contributed by atoms with Gasteiger partial charge in [-0.3, -0.25) is 4.79 Å². The fourth-order valence-electron chi connectivity index (χ4n) is 1.71. The molecule has 2 rings (SSSR count). The van der Waals surface area contributed by atoms with Crippen LogP contribution < -0.4 is 4.74 Å². The Labute approximate surface area is 137 Å². The van der Waals surface area contributed by atoms with Crippen LogP contribution in [0.25, 0.3) is 0 Å². The summed E-state index contributed by atoms with van der Waals surface area (Å²) in [6, 6.07) is 14.7. The lowest BCUT2D eigenvalue weighted by molar-refractivity contribution is -0.134. The lowest BCUT2D eigenvalue weighted by Crippen LogP contribution is -2.34. The van der Waals surface area contributed by atoms with Crippen molar-refractivity contribution in [2.45, 2.75) is 4.90 Å². The number of halogens is 1. The SMILES string of the molecule is CN(CC(=O)Oc1ccccc1)S(=O)(=O)c1ccc(Br)cc1. The van der Waals surface area contributed by atoms with Crippen molar-refractivity contribution in [3.63, 3.8) is 0 Å². The molecule has 116 valence electrons. The third kappa shape index (κ3) is 4.16. The topological polar surface area (TPSA) is 63.7 Å². The molecular formula is C15H14BrNO4S. The first-order valence-electron chi connectivity index (χ1n) is 6.37. The zero-order valence-electron chi connectivity index (χ0n) is 11.8. The first kappa shape index (κ1) is 16.7. The van der Waals surface area contributed by atoms with E-state index in [4.69, 9.17) is 4.74 Å². The molecule has 0 heterocycles. The third-order valence-electron chi connectivity index (χ3n) is 2.85. The molecule has 0 amide bonds. The van der Waals surface area contributed by atoms with E-state index in [0.717, 1.165) is 8.78 Å². The van der Waals surface area contributed by atoms with E-state index < -0.39 is 16.0 Å². The first-order valence-corrected chi connectivity index (χ1v) is 8.60. The van der Waals surface area contributed by atoms with E-state index in [9.17, 15) is 13.2 Å². The molecule has 0 aliphatic rings. The molecule has 0 unspecified atom stereocenters. The first-order chi connectivity index (χ1) is 10.4. The van der Waals surface area contributed by atoms with Gasteiger partial charge < -0.3 is 4.74 Å². The van der Waals surface area contributed by atoms with Crippen LogP contribution in [0.1, 0.15) is 0 Å². The number of carbonyl (C=O) groups excluding carboxylic acids is 1. The minimum Gasteiger partial charge on any atom is -0.426 e. The molecule has 7 heteroatoms. The largest absolute Gasteiger partial charge is 0.426 e. The highest BCUT2D eigenvalue weighted by Crippen LogP contribution is 2.18. The molecule has 0 bridgehead atoms. The van der Waals surface area contributed by atoms with Gasteiger partial charge in [0.1, 0.15) is 12.3 Å². The highest BCUT2D eigenvalue weighted by molar-refractivity contribution is 9.10. The molecule has 0 atom stereocenters. The molecule has 0 saturated heterocycles. The maximum Gasteiger partial charge on any atom is 0.326 e. The van der Waals surface area contributed by atoms with E-state index in [1.54, 1.807) is 42.5 Å². The summed E-state index contributed by atoms with van der Waals surface area (Å²) in [7, 11) is -2.39. The smallest absolute Gasteiger partial charge is 0.326 e. The monoisotopic (exact) mass is 383 g/mol. The van der Waals surface area contributed by atoms with Crippen LogP contribution in [-0.2, 0) is 14.8 Å². The van der Waals surface area contributed by atoms with Crippen molar-refractivity contribution in [1.29, 1.82) is 0 Å². The Morgan fingerprint density at radius 2 is 1.68 bits per heavy atom. The van der Waals surface area contributed by atoms with Gasteiger partial charge in [0, 0.05) is 11.5 Å². The summed E-state index contributed by atoms with van der Waals surface area (Å²) in [6.07, 6.45) is 0. The summed E-state index contributed by atoms with van der Waals surface area (Å²) < 4.78 is 31.5. The molecule has 0 spiro atoms. The number of sulfonamides is 1. The van der Waals surface area contributed by atoms with E-state index in [-0.39, 0.29) is 11.4 Å². The Morgan fingerprint density at radius 1 is 1.09 bits per heavy atom. The van der Waals surface area contributed by atoms with Gasteiger partial charge in [0.25, 0.3) is 0 Å². The molecule has 2 aromatic rings. The van der Waals surface area contributed by atoms with Crippen molar-refractivity contribution in [3.05, 3.63) is 59.1 Å². The number of carbonyl (C=O) groups is 1. The summed E-state index contributed by atoms with van der Waals surface area (Å²) in [5.41, 5.74) is 0. The Kier molecular flexibility index (Phi) is 5.33. The van der Waals surface area contributed by atoms with Crippen LogP contribution in [0, 0.1) is 0 Å². The average Bonchev–Trinajstić information content (AvgIpc) is 2.48.